The average molecular weight is 238 g/mol. The van der Waals surface area contributed by atoms with Gasteiger partial charge in [0.1, 0.15) is 0 Å². The fourth-order valence-corrected chi connectivity index (χ4v) is 5.24. The van der Waals surface area contributed by atoms with Crippen LogP contribution in [0.3, 0.4) is 0 Å². The molecule has 4 bridgehead atoms. The van der Waals surface area contributed by atoms with E-state index in [1.54, 1.807) is 0 Å². The van der Waals surface area contributed by atoms with Crippen LogP contribution in [0.5, 0.6) is 0 Å². The molecule has 4 saturated carbocycles. The quantitative estimate of drug-likeness (QED) is 0.789. The zero-order valence-corrected chi connectivity index (χ0v) is 10.2. The Hall–Kier alpha value is -0.570. The molecule has 0 aliphatic heterocycles. The summed E-state index contributed by atoms with van der Waals surface area (Å²) in [5.74, 6) is 2.42. The summed E-state index contributed by atoms with van der Waals surface area (Å²) in [5, 5.41) is 18.5. The van der Waals surface area contributed by atoms with Crippen LogP contribution < -0.4 is 0 Å². The third-order valence-electron chi connectivity index (χ3n) is 5.52. The van der Waals surface area contributed by atoms with Crippen molar-refractivity contribution >= 4 is 5.97 Å². The SMILES string of the molecule is O=C(O)C(CCO)C1C2CC3CC(C2)CC1C3. The Bertz CT molecular complexity index is 285. The maximum atomic E-state index is 11.4. The minimum Gasteiger partial charge on any atom is -0.481 e. The van der Waals surface area contributed by atoms with Crippen LogP contribution in [0.4, 0.5) is 0 Å². The van der Waals surface area contributed by atoms with Gasteiger partial charge in [-0.2, -0.15) is 0 Å². The molecule has 0 saturated heterocycles. The van der Waals surface area contributed by atoms with Gasteiger partial charge < -0.3 is 10.2 Å². The number of carboxylic acid groups (broad SMARTS) is 1. The van der Waals surface area contributed by atoms with Crippen molar-refractivity contribution in [1.82, 2.24) is 0 Å². The summed E-state index contributed by atoms with van der Waals surface area (Å²) in [4.78, 5) is 11.4. The highest BCUT2D eigenvalue weighted by Gasteiger charge is 2.51. The molecular formula is C14H22O3. The van der Waals surface area contributed by atoms with Crippen LogP contribution in [0, 0.1) is 35.5 Å². The lowest BCUT2D eigenvalue weighted by Gasteiger charge is -2.55. The van der Waals surface area contributed by atoms with Crippen LogP contribution in [-0.4, -0.2) is 22.8 Å². The molecule has 1 atom stereocenters. The highest BCUT2D eigenvalue weighted by atomic mass is 16.4. The van der Waals surface area contributed by atoms with E-state index in [0.29, 0.717) is 24.2 Å². The van der Waals surface area contributed by atoms with Gasteiger partial charge in [0.2, 0.25) is 0 Å². The number of aliphatic hydroxyl groups excluding tert-OH is 1. The molecule has 96 valence electrons. The molecule has 0 aromatic carbocycles. The molecule has 4 aliphatic rings. The number of aliphatic hydroxyl groups is 1. The highest BCUT2D eigenvalue weighted by molar-refractivity contribution is 5.70. The minimum atomic E-state index is -0.684. The van der Waals surface area contributed by atoms with Crippen LogP contribution >= 0.6 is 0 Å². The number of rotatable bonds is 4. The number of hydrogen-bond donors (Lipinski definition) is 2. The Morgan fingerprint density at radius 2 is 1.59 bits per heavy atom. The molecule has 0 radical (unpaired) electrons. The largest absolute Gasteiger partial charge is 0.481 e. The van der Waals surface area contributed by atoms with Crippen LogP contribution in [0.2, 0.25) is 0 Å². The Kier molecular flexibility index (Phi) is 2.89. The lowest BCUT2D eigenvalue weighted by Crippen LogP contribution is -2.49. The highest BCUT2D eigenvalue weighted by Crippen LogP contribution is 2.58. The van der Waals surface area contributed by atoms with E-state index in [1.807, 2.05) is 0 Å². The summed E-state index contributed by atoms with van der Waals surface area (Å²) >= 11 is 0. The molecule has 0 aromatic heterocycles. The number of hydrogen-bond acceptors (Lipinski definition) is 2. The maximum Gasteiger partial charge on any atom is 0.306 e. The van der Waals surface area contributed by atoms with Crippen LogP contribution in [0.15, 0.2) is 0 Å². The van der Waals surface area contributed by atoms with Crippen LogP contribution in [-0.2, 0) is 4.79 Å². The zero-order chi connectivity index (χ0) is 12.0. The lowest BCUT2D eigenvalue weighted by molar-refractivity contribution is -0.152. The van der Waals surface area contributed by atoms with Gasteiger partial charge >= 0.3 is 5.97 Å². The summed E-state index contributed by atoms with van der Waals surface area (Å²) in [5.41, 5.74) is 0. The van der Waals surface area contributed by atoms with E-state index in [2.05, 4.69) is 0 Å². The van der Waals surface area contributed by atoms with Crippen molar-refractivity contribution in [3.8, 4) is 0 Å². The second-order valence-electron chi connectivity index (χ2n) is 6.47. The van der Waals surface area contributed by atoms with Gasteiger partial charge in [-0.25, -0.2) is 0 Å². The Labute approximate surface area is 102 Å². The summed E-state index contributed by atoms with van der Waals surface area (Å²) in [6.45, 7) is 0.0137. The van der Waals surface area contributed by atoms with Gasteiger partial charge in [-0.05, 0) is 68.1 Å². The fraction of sp³-hybridized carbons (Fsp3) is 0.929. The molecule has 0 aromatic rings. The number of aliphatic carboxylic acids is 1. The van der Waals surface area contributed by atoms with Gasteiger partial charge in [-0.3, -0.25) is 4.79 Å². The first-order valence-corrected chi connectivity index (χ1v) is 7.02. The summed E-state index contributed by atoms with van der Waals surface area (Å²) in [7, 11) is 0. The number of carbonyl (C=O) groups is 1. The average Bonchev–Trinajstić information content (AvgIpc) is 2.26. The molecule has 0 amide bonds. The molecule has 3 heteroatoms. The second kappa shape index (κ2) is 4.27. The third-order valence-corrected chi connectivity index (χ3v) is 5.52. The van der Waals surface area contributed by atoms with Crippen molar-refractivity contribution in [3.05, 3.63) is 0 Å². The van der Waals surface area contributed by atoms with E-state index in [4.69, 9.17) is 5.11 Å². The number of carboxylic acids is 1. The molecule has 3 nitrogen and oxygen atoms in total. The Morgan fingerprint density at radius 3 is 2.00 bits per heavy atom. The smallest absolute Gasteiger partial charge is 0.306 e. The van der Waals surface area contributed by atoms with Crippen molar-refractivity contribution < 1.29 is 15.0 Å². The molecular weight excluding hydrogens is 216 g/mol. The van der Waals surface area contributed by atoms with E-state index in [1.165, 1.54) is 32.1 Å². The van der Waals surface area contributed by atoms with E-state index in [0.717, 1.165) is 11.8 Å². The van der Waals surface area contributed by atoms with Crippen molar-refractivity contribution in [2.75, 3.05) is 6.61 Å². The van der Waals surface area contributed by atoms with Gasteiger partial charge in [-0.15, -0.1) is 0 Å². The van der Waals surface area contributed by atoms with Crippen LogP contribution in [0.1, 0.15) is 38.5 Å². The molecule has 4 aliphatic carbocycles. The third kappa shape index (κ3) is 1.88. The second-order valence-corrected chi connectivity index (χ2v) is 6.47. The van der Waals surface area contributed by atoms with Gasteiger partial charge in [0.25, 0.3) is 0 Å². The minimum absolute atomic E-state index is 0.0137. The molecule has 17 heavy (non-hydrogen) atoms. The first-order valence-electron chi connectivity index (χ1n) is 7.02. The van der Waals surface area contributed by atoms with E-state index in [-0.39, 0.29) is 12.5 Å². The lowest BCUT2D eigenvalue weighted by atomic mass is 9.49. The van der Waals surface area contributed by atoms with Gasteiger partial charge in [0, 0.05) is 6.61 Å². The molecule has 1 unspecified atom stereocenters. The fourth-order valence-electron chi connectivity index (χ4n) is 5.24. The van der Waals surface area contributed by atoms with Gasteiger partial charge in [0.05, 0.1) is 5.92 Å². The van der Waals surface area contributed by atoms with Crippen molar-refractivity contribution in [1.29, 1.82) is 0 Å². The molecule has 0 heterocycles. The predicted octanol–water partition coefficient (Wildman–Crippen LogP) is 2.14. The van der Waals surface area contributed by atoms with Crippen molar-refractivity contribution in [2.24, 2.45) is 35.5 Å². The van der Waals surface area contributed by atoms with Gasteiger partial charge in [-0.1, -0.05) is 0 Å². The van der Waals surface area contributed by atoms with E-state index in [9.17, 15) is 9.90 Å². The van der Waals surface area contributed by atoms with Crippen molar-refractivity contribution in [3.63, 3.8) is 0 Å². The molecule has 0 spiro atoms. The topological polar surface area (TPSA) is 57.5 Å². The zero-order valence-electron chi connectivity index (χ0n) is 10.2. The monoisotopic (exact) mass is 238 g/mol. The Morgan fingerprint density at radius 1 is 1.06 bits per heavy atom. The van der Waals surface area contributed by atoms with Crippen LogP contribution in [0.25, 0.3) is 0 Å². The summed E-state index contributed by atoms with van der Waals surface area (Å²) < 4.78 is 0. The molecule has 4 fully saturated rings. The van der Waals surface area contributed by atoms with E-state index < -0.39 is 5.97 Å². The maximum absolute atomic E-state index is 11.4. The molecule has 4 rings (SSSR count). The standard InChI is InChI=1S/C14H22O3/c15-2-1-12(14(16)17)13-10-4-8-3-9(6-10)7-11(13)5-8/h8-13,15H,1-7H2,(H,16,17). The normalized spacial score (nSPS) is 44.9. The van der Waals surface area contributed by atoms with Gasteiger partial charge in [0.15, 0.2) is 0 Å². The summed E-state index contributed by atoms with van der Waals surface area (Å²) in [6.07, 6.45) is 6.87. The predicted molar refractivity (Wildman–Crippen MR) is 63.4 cm³/mol. The van der Waals surface area contributed by atoms with E-state index >= 15 is 0 Å². The molecule has 2 N–H and O–H groups in total. The first kappa shape index (κ1) is 11.5. The first-order chi connectivity index (χ1) is 8.19. The van der Waals surface area contributed by atoms with Crippen molar-refractivity contribution in [2.45, 2.75) is 38.5 Å². The summed E-state index contributed by atoms with van der Waals surface area (Å²) in [6, 6.07) is 0. The Balaban J connectivity index is 1.80.